The van der Waals surface area contributed by atoms with Crippen LogP contribution in [0.5, 0.6) is 0 Å². The summed E-state index contributed by atoms with van der Waals surface area (Å²) in [6.45, 7) is 3.98. The summed E-state index contributed by atoms with van der Waals surface area (Å²) < 4.78 is 4.93. The molecule has 11 heavy (non-hydrogen) atoms. The molecule has 0 fully saturated rings. The Morgan fingerprint density at radius 1 is 1.36 bits per heavy atom. The Balaban J connectivity index is 3.28. The zero-order valence-electron chi connectivity index (χ0n) is 7.80. The number of methoxy groups -OCH3 is 1. The molecule has 0 aromatic carbocycles. The van der Waals surface area contributed by atoms with Crippen molar-refractivity contribution in [2.75, 3.05) is 7.11 Å². The van der Waals surface area contributed by atoms with E-state index in [0.717, 1.165) is 19.3 Å². The second kappa shape index (κ2) is 6.62. The average Bonchev–Trinajstić information content (AvgIpc) is 2.03. The first-order valence-corrected chi connectivity index (χ1v) is 4.41. The minimum atomic E-state index is -0.536. The molecule has 2 unspecified atom stereocenters. The Morgan fingerprint density at radius 3 is 2.45 bits per heavy atom. The van der Waals surface area contributed by atoms with Gasteiger partial charge >= 0.3 is 0 Å². The highest BCUT2D eigenvalue weighted by Gasteiger charge is 2.13. The average molecular weight is 159 g/mol. The molecular formula is C9H19O2. The molecule has 0 aliphatic rings. The summed E-state index contributed by atoms with van der Waals surface area (Å²) >= 11 is 0. The third-order valence-electron chi connectivity index (χ3n) is 1.99. The van der Waals surface area contributed by atoms with Crippen LogP contribution in [0.2, 0.25) is 0 Å². The molecule has 1 radical (unpaired) electrons. The van der Waals surface area contributed by atoms with E-state index in [4.69, 9.17) is 4.74 Å². The fourth-order valence-corrected chi connectivity index (χ4v) is 0.982. The predicted molar refractivity (Wildman–Crippen MR) is 45.1 cm³/mol. The van der Waals surface area contributed by atoms with Gasteiger partial charge in [0.15, 0.2) is 0 Å². The molecule has 0 amide bonds. The second-order valence-corrected chi connectivity index (χ2v) is 2.98. The van der Waals surface area contributed by atoms with E-state index in [1.807, 2.05) is 6.92 Å². The Hall–Kier alpha value is -0.0800. The van der Waals surface area contributed by atoms with Crippen LogP contribution in [0.3, 0.4) is 0 Å². The maximum Gasteiger partial charge on any atom is 0.119 e. The monoisotopic (exact) mass is 159 g/mol. The molecule has 0 aliphatic heterocycles. The van der Waals surface area contributed by atoms with E-state index in [2.05, 4.69) is 6.92 Å². The fraction of sp³-hybridized carbons (Fsp3) is 1.00. The topological polar surface area (TPSA) is 29.1 Å². The molecule has 0 aromatic rings. The predicted octanol–water partition coefficient (Wildman–Crippen LogP) is 2.40. The van der Waals surface area contributed by atoms with Crippen molar-refractivity contribution in [2.24, 2.45) is 0 Å². The highest BCUT2D eigenvalue weighted by Crippen LogP contribution is 2.08. The van der Waals surface area contributed by atoms with Crippen LogP contribution in [0.15, 0.2) is 0 Å². The first-order valence-electron chi connectivity index (χ1n) is 4.41. The van der Waals surface area contributed by atoms with Gasteiger partial charge in [0.2, 0.25) is 0 Å². The highest BCUT2D eigenvalue weighted by atomic mass is 16.5. The highest BCUT2D eigenvalue weighted by molar-refractivity contribution is 4.62. The lowest BCUT2D eigenvalue weighted by Gasteiger charge is -2.14. The zero-order valence-corrected chi connectivity index (χ0v) is 7.80. The second-order valence-electron chi connectivity index (χ2n) is 2.98. The van der Waals surface area contributed by atoms with Crippen LogP contribution < -0.4 is 0 Å². The van der Waals surface area contributed by atoms with Crippen molar-refractivity contribution in [1.29, 1.82) is 0 Å². The number of rotatable bonds is 6. The Bertz CT molecular complexity index is 83.6. The van der Waals surface area contributed by atoms with Crippen molar-refractivity contribution in [3.05, 3.63) is 0 Å². The van der Waals surface area contributed by atoms with Crippen molar-refractivity contribution in [3.63, 3.8) is 0 Å². The van der Waals surface area contributed by atoms with Gasteiger partial charge in [0.1, 0.15) is 6.10 Å². The van der Waals surface area contributed by atoms with Crippen molar-refractivity contribution in [2.45, 2.75) is 51.7 Å². The fourth-order valence-electron chi connectivity index (χ4n) is 0.982. The van der Waals surface area contributed by atoms with Gasteiger partial charge in [-0.15, -0.1) is 0 Å². The summed E-state index contributed by atoms with van der Waals surface area (Å²) in [6, 6.07) is 0. The normalized spacial score (nSPS) is 16.4. The van der Waals surface area contributed by atoms with E-state index in [9.17, 15) is 5.11 Å². The van der Waals surface area contributed by atoms with Gasteiger partial charge in [-0.3, -0.25) is 0 Å². The standard InChI is InChI=1S/C9H19O2/c1-4-5-6-7-9(10)8(2)11-3/h8-9H,4-7H2,1-3H3. The van der Waals surface area contributed by atoms with E-state index in [1.165, 1.54) is 6.42 Å². The zero-order chi connectivity index (χ0) is 8.69. The maximum atomic E-state index is 11.2. The van der Waals surface area contributed by atoms with E-state index in [-0.39, 0.29) is 6.10 Å². The van der Waals surface area contributed by atoms with Gasteiger partial charge in [-0.2, -0.15) is 0 Å². The minimum absolute atomic E-state index is 0.133. The van der Waals surface area contributed by atoms with E-state index < -0.39 is 6.10 Å². The summed E-state index contributed by atoms with van der Waals surface area (Å²) in [6.07, 6.45) is 3.46. The van der Waals surface area contributed by atoms with Gasteiger partial charge < -0.3 is 4.74 Å². The molecule has 0 aliphatic carbocycles. The molecule has 0 bridgehead atoms. The smallest absolute Gasteiger partial charge is 0.119 e. The molecule has 2 heteroatoms. The lowest BCUT2D eigenvalue weighted by molar-refractivity contribution is -0.0431. The molecule has 2 atom stereocenters. The maximum absolute atomic E-state index is 11.2. The Kier molecular flexibility index (Phi) is 6.57. The third-order valence-corrected chi connectivity index (χ3v) is 1.99. The van der Waals surface area contributed by atoms with Crippen LogP contribution in [-0.2, 0) is 9.84 Å². The molecule has 0 saturated carbocycles. The number of hydrogen-bond acceptors (Lipinski definition) is 1. The molecule has 0 rings (SSSR count). The number of unbranched alkanes of at least 4 members (excludes halogenated alkanes) is 2. The summed E-state index contributed by atoms with van der Waals surface area (Å²) in [5.74, 6) is 0. The summed E-state index contributed by atoms with van der Waals surface area (Å²) in [7, 11) is 1.59. The van der Waals surface area contributed by atoms with Crippen LogP contribution in [0.25, 0.3) is 0 Å². The van der Waals surface area contributed by atoms with Crippen molar-refractivity contribution in [3.8, 4) is 0 Å². The van der Waals surface area contributed by atoms with Crippen LogP contribution in [-0.4, -0.2) is 19.3 Å². The molecule has 0 N–H and O–H groups in total. The van der Waals surface area contributed by atoms with Crippen LogP contribution >= 0.6 is 0 Å². The van der Waals surface area contributed by atoms with Crippen LogP contribution in [0, 0.1) is 0 Å². The van der Waals surface area contributed by atoms with Gasteiger partial charge in [0, 0.05) is 7.11 Å². The summed E-state index contributed by atoms with van der Waals surface area (Å²) in [4.78, 5) is 0. The summed E-state index contributed by atoms with van der Waals surface area (Å²) in [5, 5.41) is 11.2. The van der Waals surface area contributed by atoms with Crippen LogP contribution in [0.4, 0.5) is 0 Å². The SMILES string of the molecule is CCCCCC([O])C(C)OC. The van der Waals surface area contributed by atoms with Gasteiger partial charge in [-0.1, -0.05) is 26.2 Å². The van der Waals surface area contributed by atoms with Gasteiger partial charge in [-0.25, -0.2) is 5.11 Å². The van der Waals surface area contributed by atoms with Crippen LogP contribution in [0.1, 0.15) is 39.5 Å². The van der Waals surface area contributed by atoms with Gasteiger partial charge in [-0.05, 0) is 13.3 Å². The lowest BCUT2D eigenvalue weighted by atomic mass is 10.1. The molecular weight excluding hydrogens is 140 g/mol. The minimum Gasteiger partial charge on any atom is -0.379 e. The van der Waals surface area contributed by atoms with Crippen molar-refractivity contribution in [1.82, 2.24) is 0 Å². The molecule has 0 aromatic heterocycles. The molecule has 0 heterocycles. The Labute approximate surface area is 69.6 Å². The molecule has 0 spiro atoms. The third kappa shape index (κ3) is 5.22. The lowest BCUT2D eigenvalue weighted by Crippen LogP contribution is -2.23. The first kappa shape index (κ1) is 10.9. The Morgan fingerprint density at radius 2 is 2.00 bits per heavy atom. The van der Waals surface area contributed by atoms with E-state index in [0.29, 0.717) is 0 Å². The van der Waals surface area contributed by atoms with Gasteiger partial charge in [0.05, 0.1) is 6.10 Å². The van der Waals surface area contributed by atoms with Crippen molar-refractivity contribution >= 4 is 0 Å². The quantitative estimate of drug-likeness (QED) is 0.547. The number of ether oxygens (including phenoxy) is 1. The van der Waals surface area contributed by atoms with Gasteiger partial charge in [0.25, 0.3) is 0 Å². The van der Waals surface area contributed by atoms with Crippen molar-refractivity contribution < 1.29 is 9.84 Å². The molecule has 2 nitrogen and oxygen atoms in total. The largest absolute Gasteiger partial charge is 0.379 e. The molecule has 0 saturated heterocycles. The van der Waals surface area contributed by atoms with E-state index in [1.54, 1.807) is 7.11 Å². The first-order chi connectivity index (χ1) is 5.22. The molecule has 67 valence electrons. The number of hydrogen-bond donors (Lipinski definition) is 0. The summed E-state index contributed by atoms with van der Waals surface area (Å²) in [5.41, 5.74) is 0. The van der Waals surface area contributed by atoms with E-state index >= 15 is 0 Å².